The first kappa shape index (κ1) is 22.1. The van der Waals surface area contributed by atoms with Crippen LogP contribution in [0.1, 0.15) is 31.7 Å². The van der Waals surface area contributed by atoms with Crippen LogP contribution in [0.5, 0.6) is 5.75 Å². The second-order valence-corrected chi connectivity index (χ2v) is 9.54. The molecule has 1 N–H and O–H groups in total. The number of piperidine rings is 1. The van der Waals surface area contributed by atoms with Crippen molar-refractivity contribution in [1.29, 1.82) is 0 Å². The molecule has 0 saturated carbocycles. The van der Waals surface area contributed by atoms with Gasteiger partial charge in [0.1, 0.15) is 10.6 Å². The molecular weight excluding hydrogens is 402 g/mol. The van der Waals surface area contributed by atoms with E-state index in [1.54, 1.807) is 19.2 Å². The summed E-state index contributed by atoms with van der Waals surface area (Å²) in [7, 11) is -0.860. The van der Waals surface area contributed by atoms with Crippen LogP contribution in [0.2, 0.25) is 0 Å². The molecule has 8 heteroatoms. The maximum absolute atomic E-state index is 13.2. The molecule has 0 aliphatic carbocycles. The van der Waals surface area contributed by atoms with E-state index in [-0.39, 0.29) is 23.1 Å². The van der Waals surface area contributed by atoms with Crippen LogP contribution >= 0.6 is 0 Å². The molecular formula is C22H29N3O4S. The Labute approximate surface area is 178 Å². The fourth-order valence-corrected chi connectivity index (χ4v) is 4.97. The third kappa shape index (κ3) is 5.12. The highest BCUT2D eigenvalue weighted by Gasteiger charge is 2.26. The predicted molar refractivity (Wildman–Crippen MR) is 118 cm³/mol. The molecule has 1 aliphatic heterocycles. The van der Waals surface area contributed by atoms with Crippen molar-refractivity contribution in [3.8, 4) is 5.75 Å². The largest absolute Gasteiger partial charge is 0.495 e. The number of rotatable bonds is 7. The molecule has 1 fully saturated rings. The minimum absolute atomic E-state index is 0.0173. The maximum Gasteiger partial charge on any atom is 0.246 e. The summed E-state index contributed by atoms with van der Waals surface area (Å²) < 4.78 is 32.9. The molecule has 7 nitrogen and oxygen atoms in total. The van der Waals surface area contributed by atoms with Gasteiger partial charge < -0.3 is 15.0 Å². The number of nitrogens with zero attached hydrogens (tertiary/aromatic N) is 2. The summed E-state index contributed by atoms with van der Waals surface area (Å²) in [4.78, 5) is 13.7. The maximum atomic E-state index is 13.2. The van der Waals surface area contributed by atoms with Crippen LogP contribution in [0.4, 0.5) is 11.4 Å². The molecule has 0 radical (unpaired) electrons. The van der Waals surface area contributed by atoms with Crippen molar-refractivity contribution in [3.63, 3.8) is 0 Å². The van der Waals surface area contributed by atoms with E-state index in [9.17, 15) is 13.2 Å². The number of hydrogen-bond donors (Lipinski definition) is 1. The van der Waals surface area contributed by atoms with Crippen molar-refractivity contribution in [1.82, 2.24) is 4.31 Å². The van der Waals surface area contributed by atoms with E-state index in [4.69, 9.17) is 4.74 Å². The number of sulfonamides is 1. The second-order valence-electron chi connectivity index (χ2n) is 7.52. The molecule has 1 heterocycles. The highest BCUT2D eigenvalue weighted by Crippen LogP contribution is 2.30. The van der Waals surface area contributed by atoms with Crippen LogP contribution in [0.3, 0.4) is 0 Å². The van der Waals surface area contributed by atoms with Gasteiger partial charge >= 0.3 is 0 Å². The molecule has 3 rings (SSSR count). The number of methoxy groups -OCH3 is 1. The average Bonchev–Trinajstić information content (AvgIpc) is 2.74. The normalized spacial score (nSPS) is 14.6. The summed E-state index contributed by atoms with van der Waals surface area (Å²) in [5.74, 6) is -0.0398. The Morgan fingerprint density at radius 3 is 2.37 bits per heavy atom. The highest BCUT2D eigenvalue weighted by atomic mass is 32.2. The number of carbonyl (C=O) groups excluding carboxylic acids is 1. The van der Waals surface area contributed by atoms with Gasteiger partial charge in [0.15, 0.2) is 0 Å². The molecule has 1 amide bonds. The van der Waals surface area contributed by atoms with E-state index >= 15 is 0 Å². The lowest BCUT2D eigenvalue weighted by molar-refractivity contribution is -0.114. The number of nitrogens with one attached hydrogen (secondary N) is 1. The van der Waals surface area contributed by atoms with Gasteiger partial charge in [-0.3, -0.25) is 4.79 Å². The summed E-state index contributed by atoms with van der Waals surface area (Å²) >= 11 is 0. The van der Waals surface area contributed by atoms with Gasteiger partial charge in [0.2, 0.25) is 15.9 Å². The smallest absolute Gasteiger partial charge is 0.246 e. The van der Waals surface area contributed by atoms with E-state index in [1.165, 1.54) is 49.4 Å². The Kier molecular flexibility index (Phi) is 6.99. The lowest BCUT2D eigenvalue weighted by atomic mass is 10.1. The summed E-state index contributed by atoms with van der Waals surface area (Å²) in [5, 5.41) is 2.61. The van der Waals surface area contributed by atoms with Gasteiger partial charge in [-0.25, -0.2) is 8.42 Å². The van der Waals surface area contributed by atoms with Gasteiger partial charge in [-0.15, -0.1) is 0 Å². The topological polar surface area (TPSA) is 78.9 Å². The van der Waals surface area contributed by atoms with Gasteiger partial charge in [0.05, 0.1) is 7.11 Å². The Hall–Kier alpha value is -2.58. The van der Waals surface area contributed by atoms with Gasteiger partial charge in [-0.1, -0.05) is 12.1 Å². The molecule has 1 saturated heterocycles. The summed E-state index contributed by atoms with van der Waals surface area (Å²) in [5.41, 5.74) is 2.48. The van der Waals surface area contributed by atoms with Crippen LogP contribution in [-0.2, 0) is 21.4 Å². The number of benzene rings is 2. The fraction of sp³-hybridized carbons (Fsp3) is 0.409. The van der Waals surface area contributed by atoms with Crippen molar-refractivity contribution in [2.24, 2.45) is 0 Å². The number of ether oxygens (including phenoxy) is 1. The van der Waals surface area contributed by atoms with E-state index in [0.717, 1.165) is 18.7 Å². The summed E-state index contributed by atoms with van der Waals surface area (Å²) in [6.07, 6.45) is 3.70. The van der Waals surface area contributed by atoms with Crippen LogP contribution in [0.25, 0.3) is 0 Å². The van der Waals surface area contributed by atoms with Crippen molar-refractivity contribution in [2.75, 3.05) is 37.5 Å². The Bertz CT molecular complexity index is 984. The number of carbonyl (C=O) groups is 1. The first-order chi connectivity index (χ1) is 14.3. The van der Waals surface area contributed by atoms with E-state index in [0.29, 0.717) is 5.69 Å². The van der Waals surface area contributed by atoms with Crippen molar-refractivity contribution >= 4 is 27.3 Å². The molecule has 0 bridgehead atoms. The minimum atomic E-state index is -3.82. The molecule has 2 aromatic rings. The Morgan fingerprint density at radius 2 is 1.77 bits per heavy atom. The van der Waals surface area contributed by atoms with E-state index in [1.807, 2.05) is 12.1 Å². The highest BCUT2D eigenvalue weighted by molar-refractivity contribution is 7.89. The van der Waals surface area contributed by atoms with Crippen molar-refractivity contribution in [3.05, 3.63) is 48.0 Å². The zero-order chi connectivity index (χ0) is 21.7. The molecule has 0 unspecified atom stereocenters. The summed E-state index contributed by atoms with van der Waals surface area (Å²) in [6.45, 7) is 3.74. The zero-order valence-corrected chi connectivity index (χ0v) is 18.5. The number of anilines is 2. The first-order valence-electron chi connectivity index (χ1n) is 10.1. The Balaban J connectivity index is 1.78. The lowest BCUT2D eigenvalue weighted by Gasteiger charge is -2.29. The van der Waals surface area contributed by atoms with Crippen LogP contribution in [0.15, 0.2) is 47.4 Å². The second kappa shape index (κ2) is 9.49. The van der Waals surface area contributed by atoms with Crippen molar-refractivity contribution in [2.45, 2.75) is 37.6 Å². The molecule has 0 atom stereocenters. The third-order valence-electron chi connectivity index (χ3n) is 5.24. The first-order valence-corrected chi connectivity index (χ1v) is 11.5. The fourth-order valence-electron chi connectivity index (χ4n) is 3.63. The standard InChI is InChI=1S/C22H29N3O4S/c1-17(26)23-19-9-12-21(29-3)22(15-19)30(27,28)24(2)16-18-7-10-20(11-8-18)25-13-5-4-6-14-25/h7-12,15H,4-6,13-14,16H2,1-3H3,(H,23,26). The van der Waals surface area contributed by atoms with Gasteiger partial charge in [0.25, 0.3) is 0 Å². The number of hydrogen-bond acceptors (Lipinski definition) is 5. The zero-order valence-electron chi connectivity index (χ0n) is 17.7. The Morgan fingerprint density at radius 1 is 1.10 bits per heavy atom. The molecule has 1 aliphatic rings. The lowest BCUT2D eigenvalue weighted by Crippen LogP contribution is -2.29. The van der Waals surface area contributed by atoms with Gasteiger partial charge in [-0.05, 0) is 55.2 Å². The van der Waals surface area contributed by atoms with Crippen molar-refractivity contribution < 1.29 is 17.9 Å². The van der Waals surface area contributed by atoms with Crippen LogP contribution in [-0.4, -0.2) is 45.9 Å². The van der Waals surface area contributed by atoms with Crippen LogP contribution < -0.4 is 15.0 Å². The predicted octanol–water partition coefficient (Wildman–Crippen LogP) is 3.46. The summed E-state index contributed by atoms with van der Waals surface area (Å²) in [6, 6.07) is 12.6. The number of amides is 1. The van der Waals surface area contributed by atoms with Crippen LogP contribution in [0, 0.1) is 0 Å². The molecule has 2 aromatic carbocycles. The van der Waals surface area contributed by atoms with Gasteiger partial charge in [0, 0.05) is 45.0 Å². The average molecular weight is 432 g/mol. The van der Waals surface area contributed by atoms with E-state index in [2.05, 4.69) is 22.3 Å². The molecule has 0 aromatic heterocycles. The molecule has 0 spiro atoms. The third-order valence-corrected chi connectivity index (χ3v) is 7.06. The van der Waals surface area contributed by atoms with E-state index < -0.39 is 10.0 Å². The molecule has 30 heavy (non-hydrogen) atoms. The molecule has 162 valence electrons. The quantitative estimate of drug-likeness (QED) is 0.726. The SMILES string of the molecule is COc1ccc(NC(C)=O)cc1S(=O)(=O)N(C)Cc1ccc(N2CCCCC2)cc1. The monoisotopic (exact) mass is 431 g/mol. The van der Waals surface area contributed by atoms with Gasteiger partial charge in [-0.2, -0.15) is 4.31 Å². The minimum Gasteiger partial charge on any atom is -0.495 e.